The molecule has 1 aliphatic heterocycles. The summed E-state index contributed by atoms with van der Waals surface area (Å²) in [5.41, 5.74) is 3.19. The van der Waals surface area contributed by atoms with Gasteiger partial charge in [-0.15, -0.1) is 0 Å². The highest BCUT2D eigenvalue weighted by Crippen LogP contribution is 2.34. The highest BCUT2D eigenvalue weighted by atomic mass is 32.2. The fourth-order valence-corrected chi connectivity index (χ4v) is 4.37. The first kappa shape index (κ1) is 21.3. The van der Waals surface area contributed by atoms with Crippen LogP contribution in [0.4, 0.5) is 11.6 Å². The van der Waals surface area contributed by atoms with E-state index in [1.54, 1.807) is 24.5 Å². The molecule has 0 saturated carbocycles. The molecule has 11 heteroatoms. The van der Waals surface area contributed by atoms with Gasteiger partial charge in [0.15, 0.2) is 0 Å². The fraction of sp³-hybridized carbons (Fsp3) is 0.227. The molecule has 5 N–H and O–H groups in total. The number of fused-ring (bicyclic) bond motifs is 1. The molecule has 10 nitrogen and oxygen atoms in total. The zero-order valence-electron chi connectivity index (χ0n) is 17.7. The number of rotatable bonds is 6. The molecule has 1 saturated heterocycles. The summed E-state index contributed by atoms with van der Waals surface area (Å²) in [6, 6.07) is 10.0. The summed E-state index contributed by atoms with van der Waals surface area (Å²) in [4.78, 5) is 9.25. The van der Waals surface area contributed by atoms with Crippen LogP contribution in [0.5, 0.6) is 5.75 Å². The van der Waals surface area contributed by atoms with Crippen LogP contribution in [0.15, 0.2) is 59.9 Å². The molecule has 170 valence electrons. The fourth-order valence-electron chi connectivity index (χ4n) is 3.85. The van der Waals surface area contributed by atoms with Crippen LogP contribution >= 0.6 is 0 Å². The van der Waals surface area contributed by atoms with Crippen LogP contribution in [0.2, 0.25) is 0 Å². The van der Waals surface area contributed by atoms with Gasteiger partial charge < -0.3 is 15.4 Å². The van der Waals surface area contributed by atoms with E-state index in [-0.39, 0.29) is 11.0 Å². The summed E-state index contributed by atoms with van der Waals surface area (Å²) in [5, 5.41) is 19.4. The number of sulfonamides is 1. The molecule has 2 aromatic carbocycles. The molecule has 1 fully saturated rings. The SMILES string of the molecule is NS(=O)(=O)c1ccc(Nc2ncc3c(-c4cn[nH]c4)ccc(OC4CCNCC4)c3n2)cc1. The van der Waals surface area contributed by atoms with Crippen LogP contribution in [0.3, 0.4) is 0 Å². The maximum absolute atomic E-state index is 11.5. The zero-order chi connectivity index (χ0) is 22.8. The van der Waals surface area contributed by atoms with Crippen molar-refractivity contribution >= 4 is 32.6 Å². The second kappa shape index (κ2) is 8.77. The van der Waals surface area contributed by atoms with Crippen LogP contribution < -0.4 is 20.5 Å². The number of benzene rings is 2. The molecule has 33 heavy (non-hydrogen) atoms. The number of piperidine rings is 1. The molecule has 0 spiro atoms. The van der Waals surface area contributed by atoms with Crippen molar-refractivity contribution < 1.29 is 13.2 Å². The number of hydrogen-bond donors (Lipinski definition) is 4. The first-order valence-electron chi connectivity index (χ1n) is 10.5. The summed E-state index contributed by atoms with van der Waals surface area (Å²) in [6.07, 6.45) is 7.30. The summed E-state index contributed by atoms with van der Waals surface area (Å²) in [7, 11) is -3.76. The summed E-state index contributed by atoms with van der Waals surface area (Å²) in [6.45, 7) is 1.85. The minimum Gasteiger partial charge on any atom is -0.488 e. The molecule has 0 atom stereocenters. The van der Waals surface area contributed by atoms with Gasteiger partial charge >= 0.3 is 0 Å². The van der Waals surface area contributed by atoms with Crippen LogP contribution in [0.1, 0.15) is 12.8 Å². The van der Waals surface area contributed by atoms with Crippen molar-refractivity contribution in [2.24, 2.45) is 5.14 Å². The van der Waals surface area contributed by atoms with Crippen LogP contribution in [0, 0.1) is 0 Å². The molecule has 3 heterocycles. The molecule has 0 amide bonds. The summed E-state index contributed by atoms with van der Waals surface area (Å²) < 4.78 is 29.3. The number of nitrogens with one attached hydrogen (secondary N) is 3. The average Bonchev–Trinajstić information content (AvgIpc) is 3.35. The quantitative estimate of drug-likeness (QED) is 0.340. The first-order chi connectivity index (χ1) is 16.0. The lowest BCUT2D eigenvalue weighted by molar-refractivity contribution is 0.164. The standard InChI is InChI=1S/C22H23N7O3S/c23-33(30,31)17-3-1-15(2-4-17)28-22-25-13-19-18(14-11-26-27-12-14)5-6-20(21(19)29-22)32-16-7-9-24-10-8-16/h1-6,11-13,16,24H,7-10H2,(H,26,27)(H2,23,30,31)(H,25,28,29). The van der Waals surface area contributed by atoms with E-state index in [0.717, 1.165) is 42.4 Å². The largest absolute Gasteiger partial charge is 0.488 e. The van der Waals surface area contributed by atoms with Crippen molar-refractivity contribution in [1.29, 1.82) is 0 Å². The van der Waals surface area contributed by atoms with Gasteiger partial charge in [-0.2, -0.15) is 5.10 Å². The third kappa shape index (κ3) is 4.65. The number of nitrogens with zero attached hydrogens (tertiary/aromatic N) is 3. The predicted octanol–water partition coefficient (Wildman–Crippen LogP) is 2.54. The van der Waals surface area contributed by atoms with Crippen molar-refractivity contribution in [3.05, 3.63) is 55.0 Å². The van der Waals surface area contributed by atoms with Gasteiger partial charge in [0.1, 0.15) is 17.4 Å². The third-order valence-electron chi connectivity index (χ3n) is 5.54. The van der Waals surface area contributed by atoms with Gasteiger partial charge in [-0.1, -0.05) is 0 Å². The smallest absolute Gasteiger partial charge is 0.238 e. The molecule has 5 rings (SSSR count). The molecule has 0 unspecified atom stereocenters. The number of anilines is 2. The number of aromatic nitrogens is 4. The lowest BCUT2D eigenvalue weighted by Crippen LogP contribution is -2.34. The van der Waals surface area contributed by atoms with Crippen molar-refractivity contribution in [3.63, 3.8) is 0 Å². The van der Waals surface area contributed by atoms with Gasteiger partial charge in [-0.3, -0.25) is 5.10 Å². The third-order valence-corrected chi connectivity index (χ3v) is 6.47. The van der Waals surface area contributed by atoms with Gasteiger partial charge in [0.2, 0.25) is 16.0 Å². The van der Waals surface area contributed by atoms with Gasteiger partial charge in [0, 0.05) is 29.0 Å². The molecule has 0 bridgehead atoms. The van der Waals surface area contributed by atoms with Crippen LogP contribution in [-0.2, 0) is 10.0 Å². The number of hydrogen-bond acceptors (Lipinski definition) is 8. The van der Waals surface area contributed by atoms with E-state index in [2.05, 4.69) is 25.8 Å². The monoisotopic (exact) mass is 465 g/mol. The Labute approximate surface area is 190 Å². The molecule has 4 aromatic rings. The van der Waals surface area contributed by atoms with Crippen LogP contribution in [-0.4, -0.2) is 47.8 Å². The Morgan fingerprint density at radius 1 is 1.06 bits per heavy atom. The van der Waals surface area contributed by atoms with Gasteiger partial charge in [-0.05, 0) is 67.9 Å². The Bertz CT molecular complexity index is 1370. The van der Waals surface area contributed by atoms with Crippen molar-refractivity contribution in [2.45, 2.75) is 23.8 Å². The normalized spacial score (nSPS) is 14.9. The second-order valence-corrected chi connectivity index (χ2v) is 9.38. The summed E-state index contributed by atoms with van der Waals surface area (Å²) >= 11 is 0. The lowest BCUT2D eigenvalue weighted by atomic mass is 10.0. The number of nitrogens with two attached hydrogens (primary N) is 1. The van der Waals surface area contributed by atoms with E-state index in [1.165, 1.54) is 12.1 Å². The first-order valence-corrected chi connectivity index (χ1v) is 12.1. The van der Waals surface area contributed by atoms with Crippen molar-refractivity contribution in [1.82, 2.24) is 25.5 Å². The number of primary sulfonamides is 1. The molecule has 0 radical (unpaired) electrons. The maximum Gasteiger partial charge on any atom is 0.238 e. The Balaban J connectivity index is 1.51. The van der Waals surface area contributed by atoms with E-state index < -0.39 is 10.0 Å². The number of aromatic amines is 1. The highest BCUT2D eigenvalue weighted by molar-refractivity contribution is 7.89. The molecular weight excluding hydrogens is 442 g/mol. The molecule has 1 aliphatic rings. The molecule has 0 aliphatic carbocycles. The summed E-state index contributed by atoms with van der Waals surface area (Å²) in [5.74, 6) is 1.06. The second-order valence-electron chi connectivity index (χ2n) is 7.82. The minimum atomic E-state index is -3.76. The van der Waals surface area contributed by atoms with Crippen LogP contribution in [0.25, 0.3) is 22.0 Å². The topological polar surface area (TPSA) is 148 Å². The maximum atomic E-state index is 11.5. The number of H-pyrrole nitrogens is 1. The average molecular weight is 466 g/mol. The van der Waals surface area contributed by atoms with Crippen molar-refractivity contribution in [2.75, 3.05) is 18.4 Å². The zero-order valence-corrected chi connectivity index (χ0v) is 18.5. The Hall–Kier alpha value is -3.54. The highest BCUT2D eigenvalue weighted by Gasteiger charge is 2.18. The Kier molecular flexibility index (Phi) is 5.67. The minimum absolute atomic E-state index is 0.0369. The molecular formula is C22H23N7O3S. The van der Waals surface area contributed by atoms with E-state index in [9.17, 15) is 8.42 Å². The van der Waals surface area contributed by atoms with Crippen molar-refractivity contribution in [3.8, 4) is 16.9 Å². The van der Waals surface area contributed by atoms with Gasteiger partial charge in [-0.25, -0.2) is 23.5 Å². The number of ether oxygens (including phenoxy) is 1. The van der Waals surface area contributed by atoms with E-state index in [0.29, 0.717) is 22.9 Å². The van der Waals surface area contributed by atoms with Gasteiger partial charge in [0.05, 0.1) is 11.1 Å². The van der Waals surface area contributed by atoms with E-state index >= 15 is 0 Å². The molecule has 2 aromatic heterocycles. The Morgan fingerprint density at radius 2 is 1.85 bits per heavy atom. The Morgan fingerprint density at radius 3 is 2.55 bits per heavy atom. The van der Waals surface area contributed by atoms with Gasteiger partial charge in [0.25, 0.3) is 0 Å². The lowest BCUT2D eigenvalue weighted by Gasteiger charge is -2.24. The van der Waals surface area contributed by atoms with E-state index in [4.69, 9.17) is 14.9 Å². The van der Waals surface area contributed by atoms with E-state index in [1.807, 2.05) is 18.3 Å². The predicted molar refractivity (Wildman–Crippen MR) is 125 cm³/mol.